The lowest BCUT2D eigenvalue weighted by Crippen LogP contribution is -2.25. The number of hydrogen-bond donors (Lipinski definition) is 1. The van der Waals surface area contributed by atoms with Crippen LogP contribution in [0.25, 0.3) is 0 Å². The average Bonchev–Trinajstić information content (AvgIpc) is 2.90. The summed E-state index contributed by atoms with van der Waals surface area (Å²) < 4.78 is 0. The highest BCUT2D eigenvalue weighted by Gasteiger charge is 2.04. The predicted molar refractivity (Wildman–Crippen MR) is 76.1 cm³/mol. The minimum atomic E-state index is 0.555. The molecule has 2 aromatic rings. The minimum Gasteiger partial charge on any atom is -0.314 e. The van der Waals surface area contributed by atoms with Gasteiger partial charge in [0.1, 0.15) is 0 Å². The molecule has 0 saturated carbocycles. The fourth-order valence-electron chi connectivity index (χ4n) is 1.60. The van der Waals surface area contributed by atoms with Crippen LogP contribution in [-0.4, -0.2) is 17.6 Å². The van der Waals surface area contributed by atoms with E-state index in [4.69, 9.17) is 0 Å². The molecule has 0 fully saturated rings. The number of thiazole rings is 1. The Morgan fingerprint density at radius 1 is 1.35 bits per heavy atom. The Bertz CT molecular complexity index is 432. The van der Waals surface area contributed by atoms with E-state index in [1.807, 2.05) is 0 Å². The summed E-state index contributed by atoms with van der Waals surface area (Å²) in [5.74, 6) is 0. The van der Waals surface area contributed by atoms with Crippen molar-refractivity contribution in [1.29, 1.82) is 0 Å². The normalized spacial score (nSPS) is 11.2. The van der Waals surface area contributed by atoms with Gasteiger partial charge in [-0.15, -0.1) is 22.7 Å². The molecule has 2 aromatic heterocycles. The fraction of sp³-hybridized carbons (Fsp3) is 0.462. The quantitative estimate of drug-likeness (QED) is 0.867. The molecule has 0 atom stereocenters. The van der Waals surface area contributed by atoms with Gasteiger partial charge in [-0.3, -0.25) is 0 Å². The average molecular weight is 266 g/mol. The van der Waals surface area contributed by atoms with Gasteiger partial charge in [-0.25, -0.2) is 4.98 Å². The lowest BCUT2D eigenvalue weighted by molar-refractivity contribution is 0.587. The van der Waals surface area contributed by atoms with Gasteiger partial charge < -0.3 is 5.32 Å². The van der Waals surface area contributed by atoms with Crippen molar-refractivity contribution in [2.75, 3.05) is 6.54 Å². The molecule has 0 radical (unpaired) electrons. The molecule has 0 aliphatic rings. The number of thiophene rings is 1. The third-order valence-corrected chi connectivity index (χ3v) is 4.21. The molecule has 0 unspecified atom stereocenters. The zero-order chi connectivity index (χ0) is 12.1. The summed E-state index contributed by atoms with van der Waals surface area (Å²) in [6.07, 6.45) is 2.01. The highest BCUT2D eigenvalue weighted by Crippen LogP contribution is 2.18. The van der Waals surface area contributed by atoms with Gasteiger partial charge in [-0.05, 0) is 11.4 Å². The molecule has 17 heavy (non-hydrogen) atoms. The van der Waals surface area contributed by atoms with Crippen molar-refractivity contribution in [2.45, 2.75) is 32.7 Å². The van der Waals surface area contributed by atoms with E-state index in [9.17, 15) is 0 Å². The zero-order valence-corrected chi connectivity index (χ0v) is 11.9. The van der Waals surface area contributed by atoms with E-state index in [0.717, 1.165) is 19.4 Å². The van der Waals surface area contributed by atoms with E-state index >= 15 is 0 Å². The second-order valence-electron chi connectivity index (χ2n) is 4.35. The minimum absolute atomic E-state index is 0.555. The Labute approximate surface area is 111 Å². The maximum absolute atomic E-state index is 4.67. The molecule has 0 aromatic carbocycles. The van der Waals surface area contributed by atoms with Crippen molar-refractivity contribution >= 4 is 22.7 Å². The molecule has 92 valence electrons. The first kappa shape index (κ1) is 12.7. The van der Waals surface area contributed by atoms with Gasteiger partial charge in [0.25, 0.3) is 0 Å². The fourth-order valence-corrected chi connectivity index (χ4v) is 3.25. The standard InChI is InChI=1S/C13H18N2S2/c1-10(2)14-6-5-11-9-17-13(15-11)8-12-4-3-7-16-12/h3-4,7,9-10,14H,5-6,8H2,1-2H3. The first-order valence-corrected chi connectivity index (χ1v) is 7.69. The van der Waals surface area contributed by atoms with E-state index in [1.165, 1.54) is 15.6 Å². The summed E-state index contributed by atoms with van der Waals surface area (Å²) >= 11 is 3.58. The molecule has 1 N–H and O–H groups in total. The molecule has 0 saturated heterocycles. The maximum Gasteiger partial charge on any atom is 0.0980 e. The number of nitrogens with one attached hydrogen (secondary N) is 1. The Balaban J connectivity index is 1.83. The van der Waals surface area contributed by atoms with Gasteiger partial charge in [0.05, 0.1) is 10.7 Å². The smallest absolute Gasteiger partial charge is 0.0980 e. The number of rotatable bonds is 6. The van der Waals surface area contributed by atoms with Crippen LogP contribution in [0.5, 0.6) is 0 Å². The molecule has 2 nitrogen and oxygen atoms in total. The summed E-state index contributed by atoms with van der Waals surface area (Å²) in [5, 5.41) is 8.95. The van der Waals surface area contributed by atoms with Crippen molar-refractivity contribution in [2.24, 2.45) is 0 Å². The largest absolute Gasteiger partial charge is 0.314 e. The van der Waals surface area contributed by atoms with Gasteiger partial charge in [0, 0.05) is 35.7 Å². The van der Waals surface area contributed by atoms with E-state index in [1.54, 1.807) is 22.7 Å². The maximum atomic E-state index is 4.67. The second kappa shape index (κ2) is 6.28. The predicted octanol–water partition coefficient (Wildman–Crippen LogP) is 3.34. The van der Waals surface area contributed by atoms with Crippen LogP contribution in [0.4, 0.5) is 0 Å². The van der Waals surface area contributed by atoms with Crippen LogP contribution in [0.15, 0.2) is 22.9 Å². The molecule has 2 heterocycles. The Hall–Kier alpha value is -0.710. The molecule has 0 amide bonds. The number of aromatic nitrogens is 1. The molecule has 4 heteroatoms. The van der Waals surface area contributed by atoms with Crippen molar-refractivity contribution in [1.82, 2.24) is 10.3 Å². The van der Waals surface area contributed by atoms with Crippen LogP contribution in [0.3, 0.4) is 0 Å². The van der Waals surface area contributed by atoms with Gasteiger partial charge in [-0.1, -0.05) is 19.9 Å². The lowest BCUT2D eigenvalue weighted by atomic mass is 10.3. The summed E-state index contributed by atoms with van der Waals surface area (Å²) in [6.45, 7) is 5.35. The topological polar surface area (TPSA) is 24.9 Å². The third-order valence-electron chi connectivity index (χ3n) is 2.44. The first-order chi connectivity index (χ1) is 8.24. The molecule has 0 spiro atoms. The van der Waals surface area contributed by atoms with Crippen molar-refractivity contribution in [3.8, 4) is 0 Å². The third kappa shape index (κ3) is 4.22. The first-order valence-electron chi connectivity index (χ1n) is 5.93. The summed E-state index contributed by atoms with van der Waals surface area (Å²) in [6, 6.07) is 4.83. The van der Waals surface area contributed by atoms with E-state index in [-0.39, 0.29) is 0 Å². The summed E-state index contributed by atoms with van der Waals surface area (Å²) in [5.41, 5.74) is 1.22. The summed E-state index contributed by atoms with van der Waals surface area (Å²) in [4.78, 5) is 6.06. The van der Waals surface area contributed by atoms with Gasteiger partial charge in [0.2, 0.25) is 0 Å². The lowest BCUT2D eigenvalue weighted by Gasteiger charge is -2.05. The van der Waals surface area contributed by atoms with Crippen LogP contribution in [0, 0.1) is 0 Å². The van der Waals surface area contributed by atoms with Crippen LogP contribution in [0.2, 0.25) is 0 Å². The van der Waals surface area contributed by atoms with Crippen molar-refractivity contribution in [3.63, 3.8) is 0 Å². The highest BCUT2D eigenvalue weighted by atomic mass is 32.1. The molecule has 2 rings (SSSR count). The van der Waals surface area contributed by atoms with Crippen LogP contribution >= 0.6 is 22.7 Å². The molecule has 0 bridgehead atoms. The van der Waals surface area contributed by atoms with Crippen LogP contribution < -0.4 is 5.32 Å². The number of nitrogens with zero attached hydrogens (tertiary/aromatic N) is 1. The summed E-state index contributed by atoms with van der Waals surface area (Å²) in [7, 11) is 0. The van der Waals surface area contributed by atoms with E-state index in [2.05, 4.69) is 47.0 Å². The Morgan fingerprint density at radius 3 is 2.94 bits per heavy atom. The monoisotopic (exact) mass is 266 g/mol. The van der Waals surface area contributed by atoms with Crippen molar-refractivity contribution in [3.05, 3.63) is 38.5 Å². The van der Waals surface area contributed by atoms with Crippen LogP contribution in [-0.2, 0) is 12.8 Å². The second-order valence-corrected chi connectivity index (χ2v) is 6.32. The van der Waals surface area contributed by atoms with E-state index < -0.39 is 0 Å². The van der Waals surface area contributed by atoms with Gasteiger partial charge >= 0.3 is 0 Å². The van der Waals surface area contributed by atoms with Crippen LogP contribution in [0.1, 0.15) is 29.4 Å². The number of hydrogen-bond acceptors (Lipinski definition) is 4. The van der Waals surface area contributed by atoms with Crippen molar-refractivity contribution < 1.29 is 0 Å². The van der Waals surface area contributed by atoms with Gasteiger partial charge in [-0.2, -0.15) is 0 Å². The molecular weight excluding hydrogens is 248 g/mol. The SMILES string of the molecule is CC(C)NCCc1csc(Cc2cccs2)n1. The molecular formula is C13H18N2S2. The Morgan fingerprint density at radius 2 is 2.24 bits per heavy atom. The molecule has 0 aliphatic carbocycles. The highest BCUT2D eigenvalue weighted by molar-refractivity contribution is 7.11. The zero-order valence-electron chi connectivity index (χ0n) is 10.3. The molecule has 0 aliphatic heterocycles. The Kier molecular flexibility index (Phi) is 4.71. The van der Waals surface area contributed by atoms with Gasteiger partial charge in [0.15, 0.2) is 0 Å². The van der Waals surface area contributed by atoms with E-state index in [0.29, 0.717) is 6.04 Å².